The standard InChI is InChI=1S/C16H22N4/c17-11-12-9-10-15(18-13-5-1-2-6-13)20-16(12)19-14-7-3-4-8-14/h9-10,13-14H,1-8H2,(H2,18,19,20). The number of hydrogen-bond acceptors (Lipinski definition) is 4. The van der Waals surface area contributed by atoms with Crippen LogP contribution in [0.3, 0.4) is 0 Å². The van der Waals surface area contributed by atoms with Crippen LogP contribution in [0.15, 0.2) is 12.1 Å². The summed E-state index contributed by atoms with van der Waals surface area (Å²) in [6.07, 6.45) is 10.0. The minimum Gasteiger partial charge on any atom is -0.367 e. The fourth-order valence-electron chi connectivity index (χ4n) is 3.28. The Hall–Kier alpha value is -1.76. The lowest BCUT2D eigenvalue weighted by molar-refractivity contribution is 0.742. The number of aromatic nitrogens is 1. The van der Waals surface area contributed by atoms with Crippen molar-refractivity contribution in [2.75, 3.05) is 10.6 Å². The Bertz CT molecular complexity index is 494. The Labute approximate surface area is 120 Å². The van der Waals surface area contributed by atoms with E-state index < -0.39 is 0 Å². The number of nitrogens with one attached hydrogen (secondary N) is 2. The van der Waals surface area contributed by atoms with E-state index >= 15 is 0 Å². The summed E-state index contributed by atoms with van der Waals surface area (Å²) in [7, 11) is 0. The molecule has 0 aliphatic heterocycles. The Morgan fingerprint density at radius 1 is 0.950 bits per heavy atom. The number of rotatable bonds is 4. The molecule has 0 aromatic carbocycles. The second-order valence-corrected chi connectivity index (χ2v) is 5.96. The zero-order chi connectivity index (χ0) is 13.8. The lowest BCUT2D eigenvalue weighted by Crippen LogP contribution is -2.19. The second kappa shape index (κ2) is 6.13. The van der Waals surface area contributed by atoms with Crippen molar-refractivity contribution < 1.29 is 0 Å². The lowest BCUT2D eigenvalue weighted by atomic mass is 10.2. The first-order valence-corrected chi connectivity index (χ1v) is 7.79. The Kier molecular flexibility index (Phi) is 4.05. The van der Waals surface area contributed by atoms with Gasteiger partial charge in [-0.15, -0.1) is 0 Å². The molecule has 1 aromatic heterocycles. The molecule has 0 saturated heterocycles. The third kappa shape index (κ3) is 3.04. The van der Waals surface area contributed by atoms with Gasteiger partial charge in [-0.2, -0.15) is 5.26 Å². The van der Waals surface area contributed by atoms with Gasteiger partial charge < -0.3 is 10.6 Å². The predicted octanol–water partition coefficient (Wildman–Crippen LogP) is 3.66. The third-order valence-electron chi connectivity index (χ3n) is 4.42. The third-order valence-corrected chi connectivity index (χ3v) is 4.42. The quantitative estimate of drug-likeness (QED) is 0.876. The molecule has 0 radical (unpaired) electrons. The molecule has 3 rings (SSSR count). The van der Waals surface area contributed by atoms with Crippen LogP contribution >= 0.6 is 0 Å². The van der Waals surface area contributed by atoms with Crippen LogP contribution < -0.4 is 10.6 Å². The number of pyridine rings is 1. The van der Waals surface area contributed by atoms with E-state index in [1.54, 1.807) is 0 Å². The Morgan fingerprint density at radius 2 is 1.55 bits per heavy atom. The smallest absolute Gasteiger partial charge is 0.146 e. The van der Waals surface area contributed by atoms with Crippen LogP contribution in [0.5, 0.6) is 0 Å². The van der Waals surface area contributed by atoms with Crippen LogP contribution in [-0.4, -0.2) is 17.1 Å². The van der Waals surface area contributed by atoms with Crippen LogP contribution in [-0.2, 0) is 0 Å². The average Bonchev–Trinajstić information content (AvgIpc) is 3.13. The molecule has 20 heavy (non-hydrogen) atoms. The van der Waals surface area contributed by atoms with Gasteiger partial charge in [-0.3, -0.25) is 0 Å². The summed E-state index contributed by atoms with van der Waals surface area (Å²) in [4.78, 5) is 4.63. The van der Waals surface area contributed by atoms with Crippen LogP contribution in [0.25, 0.3) is 0 Å². The van der Waals surface area contributed by atoms with Gasteiger partial charge in [0.25, 0.3) is 0 Å². The van der Waals surface area contributed by atoms with E-state index in [1.807, 2.05) is 12.1 Å². The highest BCUT2D eigenvalue weighted by Gasteiger charge is 2.18. The summed E-state index contributed by atoms with van der Waals surface area (Å²) < 4.78 is 0. The molecule has 1 heterocycles. The fraction of sp³-hybridized carbons (Fsp3) is 0.625. The minimum atomic E-state index is 0.483. The molecular formula is C16H22N4. The summed E-state index contributed by atoms with van der Waals surface area (Å²) in [5.41, 5.74) is 0.647. The van der Waals surface area contributed by atoms with Crippen molar-refractivity contribution in [2.45, 2.75) is 63.5 Å². The van der Waals surface area contributed by atoms with Crippen LogP contribution in [0, 0.1) is 11.3 Å². The highest BCUT2D eigenvalue weighted by molar-refractivity contribution is 5.57. The molecule has 0 spiro atoms. The van der Waals surface area contributed by atoms with E-state index in [2.05, 4.69) is 21.7 Å². The number of nitrogens with zero attached hydrogens (tertiary/aromatic N) is 2. The molecule has 2 aliphatic rings. The number of nitriles is 1. The molecule has 0 atom stereocenters. The molecule has 2 N–H and O–H groups in total. The van der Waals surface area contributed by atoms with Gasteiger partial charge in [0.05, 0.1) is 5.56 Å². The predicted molar refractivity (Wildman–Crippen MR) is 80.7 cm³/mol. The van der Waals surface area contributed by atoms with Crippen LogP contribution in [0.4, 0.5) is 11.6 Å². The van der Waals surface area contributed by atoms with Crippen molar-refractivity contribution in [2.24, 2.45) is 0 Å². The number of hydrogen-bond donors (Lipinski definition) is 2. The first-order chi connectivity index (χ1) is 9.85. The Morgan fingerprint density at radius 3 is 2.15 bits per heavy atom. The van der Waals surface area contributed by atoms with Gasteiger partial charge in [0.15, 0.2) is 0 Å². The molecule has 0 amide bonds. The van der Waals surface area contributed by atoms with Crippen molar-refractivity contribution in [1.82, 2.24) is 4.98 Å². The highest BCUT2D eigenvalue weighted by atomic mass is 15.1. The van der Waals surface area contributed by atoms with Crippen molar-refractivity contribution in [3.63, 3.8) is 0 Å². The largest absolute Gasteiger partial charge is 0.367 e. The molecule has 4 heteroatoms. The maximum Gasteiger partial charge on any atom is 0.146 e. The van der Waals surface area contributed by atoms with E-state index in [0.717, 1.165) is 11.6 Å². The molecule has 2 aliphatic carbocycles. The topological polar surface area (TPSA) is 60.7 Å². The van der Waals surface area contributed by atoms with Crippen molar-refractivity contribution in [3.05, 3.63) is 17.7 Å². The monoisotopic (exact) mass is 270 g/mol. The summed E-state index contributed by atoms with van der Waals surface area (Å²) in [5.74, 6) is 1.65. The van der Waals surface area contributed by atoms with E-state index in [4.69, 9.17) is 0 Å². The normalized spacial score (nSPS) is 19.9. The summed E-state index contributed by atoms with van der Waals surface area (Å²) >= 11 is 0. The minimum absolute atomic E-state index is 0.483. The van der Waals surface area contributed by atoms with Crippen LogP contribution in [0.1, 0.15) is 56.9 Å². The first kappa shape index (κ1) is 13.2. The molecule has 2 fully saturated rings. The molecule has 106 valence electrons. The van der Waals surface area contributed by atoms with E-state index in [9.17, 15) is 5.26 Å². The van der Waals surface area contributed by atoms with Gasteiger partial charge >= 0.3 is 0 Å². The van der Waals surface area contributed by atoms with Gasteiger partial charge in [-0.05, 0) is 37.8 Å². The molecule has 2 saturated carbocycles. The maximum atomic E-state index is 9.22. The number of anilines is 2. The summed E-state index contributed by atoms with van der Waals surface area (Å²) in [6, 6.07) is 7.07. The van der Waals surface area contributed by atoms with Crippen LogP contribution in [0.2, 0.25) is 0 Å². The molecular weight excluding hydrogens is 248 g/mol. The Balaban J connectivity index is 1.73. The van der Waals surface area contributed by atoms with E-state index in [0.29, 0.717) is 17.6 Å². The first-order valence-electron chi connectivity index (χ1n) is 7.79. The molecule has 4 nitrogen and oxygen atoms in total. The van der Waals surface area contributed by atoms with Gasteiger partial charge in [-0.25, -0.2) is 4.98 Å². The van der Waals surface area contributed by atoms with Crippen molar-refractivity contribution >= 4 is 11.6 Å². The summed E-state index contributed by atoms with van der Waals surface area (Å²) in [5, 5.41) is 16.2. The second-order valence-electron chi connectivity index (χ2n) is 5.96. The summed E-state index contributed by atoms with van der Waals surface area (Å²) in [6.45, 7) is 0. The SMILES string of the molecule is N#Cc1ccc(NC2CCCC2)nc1NC1CCCC1. The van der Waals surface area contributed by atoms with Gasteiger partial charge in [0, 0.05) is 12.1 Å². The maximum absolute atomic E-state index is 9.22. The van der Waals surface area contributed by atoms with E-state index in [-0.39, 0.29) is 0 Å². The van der Waals surface area contributed by atoms with Gasteiger partial charge in [0.1, 0.15) is 17.7 Å². The molecule has 1 aromatic rings. The zero-order valence-corrected chi connectivity index (χ0v) is 11.9. The molecule has 0 unspecified atom stereocenters. The van der Waals surface area contributed by atoms with Gasteiger partial charge in [-0.1, -0.05) is 25.7 Å². The zero-order valence-electron chi connectivity index (χ0n) is 11.9. The van der Waals surface area contributed by atoms with E-state index in [1.165, 1.54) is 51.4 Å². The molecule has 0 bridgehead atoms. The van der Waals surface area contributed by atoms with Gasteiger partial charge in [0.2, 0.25) is 0 Å². The lowest BCUT2D eigenvalue weighted by Gasteiger charge is -2.17. The highest BCUT2D eigenvalue weighted by Crippen LogP contribution is 2.26. The average molecular weight is 270 g/mol. The van der Waals surface area contributed by atoms with Crippen molar-refractivity contribution in [3.8, 4) is 6.07 Å². The fourth-order valence-corrected chi connectivity index (χ4v) is 3.28. The van der Waals surface area contributed by atoms with Crippen molar-refractivity contribution in [1.29, 1.82) is 5.26 Å².